The van der Waals surface area contributed by atoms with Crippen LogP contribution in [0.15, 0.2) is 24.3 Å². The van der Waals surface area contributed by atoms with E-state index in [0.29, 0.717) is 5.56 Å². The monoisotopic (exact) mass is 194 g/mol. The Labute approximate surface area is 80.3 Å². The van der Waals surface area contributed by atoms with Crippen LogP contribution in [0.2, 0.25) is 0 Å². The predicted molar refractivity (Wildman–Crippen MR) is 49.2 cm³/mol. The van der Waals surface area contributed by atoms with Gasteiger partial charge in [0.1, 0.15) is 11.7 Å². The molecule has 2 amide bonds. The summed E-state index contributed by atoms with van der Waals surface area (Å²) >= 11 is 0. The first-order chi connectivity index (χ1) is 6.52. The second kappa shape index (κ2) is 3.78. The van der Waals surface area contributed by atoms with Crippen LogP contribution in [-0.2, 0) is 9.59 Å². The zero-order valence-electron chi connectivity index (χ0n) is 7.31. The number of aromatic hydroxyl groups is 1. The lowest BCUT2D eigenvalue weighted by Crippen LogP contribution is -2.32. The summed E-state index contributed by atoms with van der Waals surface area (Å²) in [6.07, 6.45) is 0. The van der Waals surface area contributed by atoms with E-state index in [-0.39, 0.29) is 5.75 Å². The molecule has 0 spiro atoms. The molecule has 0 fully saturated rings. The van der Waals surface area contributed by atoms with Crippen LogP contribution in [0.4, 0.5) is 0 Å². The number of nitrogens with two attached hydrogens (primary N) is 2. The van der Waals surface area contributed by atoms with Gasteiger partial charge in [0.2, 0.25) is 11.8 Å². The van der Waals surface area contributed by atoms with Crippen molar-refractivity contribution in [2.24, 2.45) is 11.5 Å². The Morgan fingerprint density at radius 1 is 1.07 bits per heavy atom. The molecule has 1 rings (SSSR count). The topological polar surface area (TPSA) is 106 Å². The summed E-state index contributed by atoms with van der Waals surface area (Å²) in [7, 11) is 0. The Balaban J connectivity index is 3.06. The van der Waals surface area contributed by atoms with E-state index in [1.165, 1.54) is 24.3 Å². The number of amides is 2. The van der Waals surface area contributed by atoms with E-state index in [9.17, 15) is 9.59 Å². The van der Waals surface area contributed by atoms with Crippen LogP contribution in [0.25, 0.3) is 0 Å². The second-order valence-electron chi connectivity index (χ2n) is 2.83. The largest absolute Gasteiger partial charge is 0.508 e. The summed E-state index contributed by atoms with van der Waals surface area (Å²) in [6.45, 7) is 0. The molecule has 0 aliphatic carbocycles. The van der Waals surface area contributed by atoms with Crippen molar-refractivity contribution in [1.82, 2.24) is 0 Å². The minimum Gasteiger partial charge on any atom is -0.508 e. The average molecular weight is 194 g/mol. The van der Waals surface area contributed by atoms with Gasteiger partial charge in [-0.25, -0.2) is 0 Å². The van der Waals surface area contributed by atoms with Crippen LogP contribution in [0.3, 0.4) is 0 Å². The van der Waals surface area contributed by atoms with Crippen molar-refractivity contribution >= 4 is 11.8 Å². The zero-order valence-corrected chi connectivity index (χ0v) is 7.31. The van der Waals surface area contributed by atoms with Crippen LogP contribution in [0.5, 0.6) is 5.75 Å². The third-order valence-corrected chi connectivity index (χ3v) is 1.80. The Morgan fingerprint density at radius 3 is 1.86 bits per heavy atom. The number of primary amides is 2. The van der Waals surface area contributed by atoms with E-state index in [4.69, 9.17) is 16.6 Å². The van der Waals surface area contributed by atoms with E-state index < -0.39 is 17.7 Å². The fourth-order valence-corrected chi connectivity index (χ4v) is 1.14. The quantitative estimate of drug-likeness (QED) is 0.562. The fraction of sp³-hybridized carbons (Fsp3) is 0.111. The predicted octanol–water partition coefficient (Wildman–Crippen LogP) is -0.554. The van der Waals surface area contributed by atoms with Gasteiger partial charge >= 0.3 is 0 Å². The Hall–Kier alpha value is -2.04. The van der Waals surface area contributed by atoms with Crippen LogP contribution in [0.1, 0.15) is 11.5 Å². The minimum absolute atomic E-state index is 0.0430. The summed E-state index contributed by atoms with van der Waals surface area (Å²) in [6, 6.07) is 5.56. The van der Waals surface area contributed by atoms with E-state index in [0.717, 1.165) is 0 Å². The lowest BCUT2D eigenvalue weighted by atomic mass is 9.98. The Bertz CT molecular complexity index is 345. The minimum atomic E-state index is -1.14. The summed E-state index contributed by atoms with van der Waals surface area (Å²) < 4.78 is 0. The van der Waals surface area contributed by atoms with Crippen molar-refractivity contribution in [2.75, 3.05) is 0 Å². The van der Waals surface area contributed by atoms with Crippen LogP contribution in [0, 0.1) is 0 Å². The molecule has 0 aliphatic heterocycles. The molecule has 0 saturated carbocycles. The number of hydrogen-bond donors (Lipinski definition) is 3. The molecule has 5 N–H and O–H groups in total. The smallest absolute Gasteiger partial charge is 0.234 e. The van der Waals surface area contributed by atoms with Gasteiger partial charge in [0.25, 0.3) is 0 Å². The van der Waals surface area contributed by atoms with Gasteiger partial charge in [-0.1, -0.05) is 12.1 Å². The Morgan fingerprint density at radius 2 is 1.50 bits per heavy atom. The molecule has 0 aliphatic rings. The number of carbonyl (C=O) groups is 2. The fourth-order valence-electron chi connectivity index (χ4n) is 1.14. The highest BCUT2D eigenvalue weighted by Crippen LogP contribution is 2.18. The van der Waals surface area contributed by atoms with Crippen molar-refractivity contribution in [1.29, 1.82) is 0 Å². The van der Waals surface area contributed by atoms with Crippen LogP contribution in [-0.4, -0.2) is 16.9 Å². The molecule has 0 unspecified atom stereocenters. The highest BCUT2D eigenvalue weighted by molar-refractivity contribution is 6.04. The van der Waals surface area contributed by atoms with Gasteiger partial charge in [0.05, 0.1) is 0 Å². The van der Waals surface area contributed by atoms with Gasteiger partial charge in [-0.3, -0.25) is 9.59 Å². The molecule has 0 radical (unpaired) electrons. The molecular weight excluding hydrogens is 184 g/mol. The first kappa shape index (κ1) is 10.0. The van der Waals surface area contributed by atoms with Crippen molar-refractivity contribution in [3.8, 4) is 5.75 Å². The van der Waals surface area contributed by atoms with Gasteiger partial charge in [0, 0.05) is 0 Å². The maximum Gasteiger partial charge on any atom is 0.234 e. The van der Waals surface area contributed by atoms with E-state index in [1.54, 1.807) is 0 Å². The van der Waals surface area contributed by atoms with Crippen molar-refractivity contribution < 1.29 is 14.7 Å². The SMILES string of the molecule is NC(=O)C(C(N)=O)c1ccc(O)cc1. The van der Waals surface area contributed by atoms with Gasteiger partial charge in [-0.05, 0) is 17.7 Å². The third-order valence-electron chi connectivity index (χ3n) is 1.80. The van der Waals surface area contributed by atoms with Crippen molar-refractivity contribution in [3.63, 3.8) is 0 Å². The molecule has 1 aromatic rings. The number of phenolic OH excluding ortho intramolecular Hbond substituents is 1. The highest BCUT2D eigenvalue weighted by Gasteiger charge is 2.23. The summed E-state index contributed by atoms with van der Waals surface area (Å²) in [4.78, 5) is 21.8. The average Bonchev–Trinajstić information content (AvgIpc) is 2.07. The third kappa shape index (κ3) is 2.01. The number of carbonyl (C=O) groups excluding carboxylic acids is 2. The molecular formula is C9H10N2O3. The zero-order chi connectivity index (χ0) is 10.7. The number of rotatable bonds is 3. The summed E-state index contributed by atoms with van der Waals surface area (Å²) in [5.41, 5.74) is 10.4. The molecule has 5 nitrogen and oxygen atoms in total. The lowest BCUT2D eigenvalue weighted by molar-refractivity contribution is -0.128. The summed E-state index contributed by atoms with van der Waals surface area (Å²) in [5.74, 6) is -2.71. The molecule has 0 saturated heterocycles. The molecule has 74 valence electrons. The molecule has 0 atom stereocenters. The first-order valence-electron chi connectivity index (χ1n) is 3.90. The molecule has 0 bridgehead atoms. The van der Waals surface area contributed by atoms with Crippen LogP contribution >= 0.6 is 0 Å². The highest BCUT2D eigenvalue weighted by atomic mass is 16.3. The van der Waals surface area contributed by atoms with Gasteiger partial charge < -0.3 is 16.6 Å². The molecule has 0 aromatic heterocycles. The van der Waals surface area contributed by atoms with E-state index in [2.05, 4.69) is 0 Å². The van der Waals surface area contributed by atoms with Crippen molar-refractivity contribution in [3.05, 3.63) is 29.8 Å². The molecule has 1 aromatic carbocycles. The normalized spacial score (nSPS) is 10.1. The van der Waals surface area contributed by atoms with Crippen LogP contribution < -0.4 is 11.5 Å². The van der Waals surface area contributed by atoms with Crippen molar-refractivity contribution in [2.45, 2.75) is 5.92 Å². The van der Waals surface area contributed by atoms with Gasteiger partial charge in [-0.15, -0.1) is 0 Å². The molecule has 14 heavy (non-hydrogen) atoms. The maximum atomic E-state index is 10.9. The number of hydrogen-bond acceptors (Lipinski definition) is 3. The number of phenols is 1. The first-order valence-corrected chi connectivity index (χ1v) is 3.90. The summed E-state index contributed by atoms with van der Waals surface area (Å²) in [5, 5.41) is 8.98. The van der Waals surface area contributed by atoms with Gasteiger partial charge in [0.15, 0.2) is 0 Å². The van der Waals surface area contributed by atoms with E-state index in [1.807, 2.05) is 0 Å². The second-order valence-corrected chi connectivity index (χ2v) is 2.83. The molecule has 5 heteroatoms. The maximum absolute atomic E-state index is 10.9. The Kier molecular flexibility index (Phi) is 2.71. The van der Waals surface area contributed by atoms with Gasteiger partial charge in [-0.2, -0.15) is 0 Å². The standard InChI is InChI=1S/C9H10N2O3/c10-8(13)7(9(11)14)5-1-3-6(12)4-2-5/h1-4,7,12H,(H2,10,13)(H2,11,14). The number of benzene rings is 1. The van der Waals surface area contributed by atoms with E-state index >= 15 is 0 Å². The molecule has 0 heterocycles. The lowest BCUT2D eigenvalue weighted by Gasteiger charge is -2.09.